The van der Waals surface area contributed by atoms with Crippen molar-refractivity contribution in [2.75, 3.05) is 24.6 Å². The summed E-state index contributed by atoms with van der Waals surface area (Å²) in [7, 11) is -3.14. The highest BCUT2D eigenvalue weighted by Gasteiger charge is 2.39. The molecule has 0 bridgehead atoms. The number of carbonyl (C=O) groups is 3. The minimum Gasteiger partial charge on any atom is -0.480 e. The number of aliphatic carboxylic acids is 1. The summed E-state index contributed by atoms with van der Waals surface area (Å²) in [6, 6.07) is -0.671. The van der Waals surface area contributed by atoms with Gasteiger partial charge in [0.1, 0.15) is 6.54 Å². The van der Waals surface area contributed by atoms with Crippen molar-refractivity contribution in [2.45, 2.75) is 18.9 Å². The fraction of sp³-hybridized carbons (Fsp3) is 0.700. The second kappa shape index (κ2) is 6.07. The molecule has 20 heavy (non-hydrogen) atoms. The molecule has 1 heterocycles. The Kier molecular flexibility index (Phi) is 4.93. The fourth-order valence-electron chi connectivity index (χ4n) is 1.82. The Morgan fingerprint density at radius 1 is 1.20 bits per heavy atom. The molecule has 0 aliphatic carbocycles. The number of nitrogens with one attached hydrogen (secondary N) is 3. The number of urea groups is 1. The number of amides is 3. The molecule has 1 saturated heterocycles. The Balaban J connectivity index is 2.34. The molecule has 9 nitrogen and oxygen atoms in total. The standard InChI is InChI=1S/C10H17N3O6S/c1-10(2-3-20(18,19)6-10)13-9(17)12-4-7(14)11-5-8(15)16/h2-6H2,1H3,(H,11,14)(H,15,16)(H2,12,13,17). The summed E-state index contributed by atoms with van der Waals surface area (Å²) in [6.07, 6.45) is 0.313. The third kappa shape index (κ3) is 5.43. The molecule has 1 aliphatic heterocycles. The first kappa shape index (κ1) is 16.2. The third-order valence-corrected chi connectivity index (χ3v) is 4.67. The third-order valence-electron chi connectivity index (χ3n) is 2.76. The average molecular weight is 307 g/mol. The second-order valence-electron chi connectivity index (χ2n) is 4.88. The van der Waals surface area contributed by atoms with E-state index in [4.69, 9.17) is 5.11 Å². The summed E-state index contributed by atoms with van der Waals surface area (Å²) in [6.45, 7) is 0.696. The lowest BCUT2D eigenvalue weighted by Gasteiger charge is -2.23. The van der Waals surface area contributed by atoms with Gasteiger partial charge in [0.15, 0.2) is 9.84 Å². The van der Waals surface area contributed by atoms with Crippen LogP contribution in [0.3, 0.4) is 0 Å². The van der Waals surface area contributed by atoms with Crippen molar-refractivity contribution in [1.82, 2.24) is 16.0 Å². The summed E-state index contributed by atoms with van der Waals surface area (Å²) in [5, 5.41) is 15.2. The van der Waals surface area contributed by atoms with Crippen molar-refractivity contribution in [3.05, 3.63) is 0 Å². The van der Waals surface area contributed by atoms with Crippen molar-refractivity contribution in [3.8, 4) is 0 Å². The molecule has 1 unspecified atom stereocenters. The van der Waals surface area contributed by atoms with Gasteiger partial charge in [0.05, 0.1) is 23.6 Å². The number of hydrogen-bond donors (Lipinski definition) is 4. The van der Waals surface area contributed by atoms with Crippen LogP contribution < -0.4 is 16.0 Å². The smallest absolute Gasteiger partial charge is 0.322 e. The van der Waals surface area contributed by atoms with E-state index in [0.717, 1.165) is 0 Å². The highest BCUT2D eigenvalue weighted by molar-refractivity contribution is 7.91. The van der Waals surface area contributed by atoms with E-state index in [-0.39, 0.29) is 18.1 Å². The van der Waals surface area contributed by atoms with Gasteiger partial charge in [-0.05, 0) is 13.3 Å². The highest BCUT2D eigenvalue weighted by Crippen LogP contribution is 2.22. The number of rotatable bonds is 5. The van der Waals surface area contributed by atoms with E-state index in [2.05, 4.69) is 16.0 Å². The van der Waals surface area contributed by atoms with Crippen LogP contribution in [-0.2, 0) is 19.4 Å². The second-order valence-corrected chi connectivity index (χ2v) is 7.06. The summed E-state index contributed by atoms with van der Waals surface area (Å²) in [5.41, 5.74) is -0.847. The summed E-state index contributed by atoms with van der Waals surface area (Å²) < 4.78 is 22.7. The Morgan fingerprint density at radius 2 is 1.85 bits per heavy atom. The Hall–Kier alpha value is -1.84. The van der Waals surface area contributed by atoms with Crippen LogP contribution in [0.25, 0.3) is 0 Å². The lowest BCUT2D eigenvalue weighted by Crippen LogP contribution is -2.52. The Morgan fingerprint density at radius 3 is 2.35 bits per heavy atom. The van der Waals surface area contributed by atoms with E-state index in [1.165, 1.54) is 0 Å². The summed E-state index contributed by atoms with van der Waals surface area (Å²) in [4.78, 5) is 32.9. The van der Waals surface area contributed by atoms with Crippen molar-refractivity contribution in [3.63, 3.8) is 0 Å². The lowest BCUT2D eigenvalue weighted by molar-refractivity contribution is -0.137. The van der Waals surface area contributed by atoms with Gasteiger partial charge in [-0.15, -0.1) is 0 Å². The van der Waals surface area contributed by atoms with Gasteiger partial charge < -0.3 is 21.1 Å². The van der Waals surface area contributed by atoms with Gasteiger partial charge in [-0.1, -0.05) is 0 Å². The SMILES string of the molecule is CC1(NC(=O)NCC(=O)NCC(=O)O)CCS(=O)(=O)C1. The zero-order chi connectivity index (χ0) is 15.4. The van der Waals surface area contributed by atoms with Crippen LogP contribution >= 0.6 is 0 Å². The summed E-state index contributed by atoms with van der Waals surface area (Å²) >= 11 is 0. The molecule has 0 radical (unpaired) electrons. The fourth-order valence-corrected chi connectivity index (χ4v) is 3.92. The van der Waals surface area contributed by atoms with E-state index in [1.807, 2.05) is 0 Å². The largest absolute Gasteiger partial charge is 0.480 e. The monoisotopic (exact) mass is 307 g/mol. The molecule has 3 amide bonds. The molecule has 1 aliphatic rings. The minimum atomic E-state index is -3.14. The van der Waals surface area contributed by atoms with E-state index in [0.29, 0.717) is 6.42 Å². The van der Waals surface area contributed by atoms with Gasteiger partial charge in [-0.3, -0.25) is 9.59 Å². The molecular weight excluding hydrogens is 290 g/mol. The molecule has 114 valence electrons. The van der Waals surface area contributed by atoms with E-state index in [1.54, 1.807) is 6.92 Å². The van der Waals surface area contributed by atoms with Gasteiger partial charge in [0.2, 0.25) is 5.91 Å². The molecule has 0 spiro atoms. The zero-order valence-electron chi connectivity index (χ0n) is 10.9. The van der Waals surface area contributed by atoms with Crippen molar-refractivity contribution in [1.29, 1.82) is 0 Å². The minimum absolute atomic E-state index is 0.0167. The molecule has 1 fully saturated rings. The Bertz CT molecular complexity index is 517. The van der Waals surface area contributed by atoms with E-state index >= 15 is 0 Å². The van der Waals surface area contributed by atoms with Gasteiger partial charge in [-0.2, -0.15) is 0 Å². The molecule has 0 aromatic heterocycles. The van der Waals surface area contributed by atoms with Crippen molar-refractivity contribution >= 4 is 27.7 Å². The number of hydrogen-bond acceptors (Lipinski definition) is 5. The quantitative estimate of drug-likeness (QED) is 0.466. The Labute approximate surface area is 116 Å². The molecular formula is C10H17N3O6S. The maximum absolute atomic E-state index is 11.5. The molecule has 0 aromatic carbocycles. The average Bonchev–Trinajstić information content (AvgIpc) is 2.58. The van der Waals surface area contributed by atoms with Crippen LogP contribution in [0.15, 0.2) is 0 Å². The molecule has 0 saturated carbocycles. The van der Waals surface area contributed by atoms with Crippen LogP contribution in [0.1, 0.15) is 13.3 Å². The summed E-state index contributed by atoms with van der Waals surface area (Å²) in [5.74, 6) is -1.96. The van der Waals surface area contributed by atoms with E-state index in [9.17, 15) is 22.8 Å². The number of carboxylic acids is 1. The first-order valence-corrected chi connectivity index (χ1v) is 7.69. The van der Waals surface area contributed by atoms with Crippen molar-refractivity contribution in [2.24, 2.45) is 0 Å². The molecule has 4 N–H and O–H groups in total. The van der Waals surface area contributed by atoms with Crippen LogP contribution in [0.2, 0.25) is 0 Å². The van der Waals surface area contributed by atoms with Crippen LogP contribution in [-0.4, -0.2) is 61.6 Å². The van der Waals surface area contributed by atoms with Crippen molar-refractivity contribution < 1.29 is 27.9 Å². The van der Waals surface area contributed by atoms with Crippen LogP contribution in [0.5, 0.6) is 0 Å². The maximum Gasteiger partial charge on any atom is 0.322 e. The first-order valence-electron chi connectivity index (χ1n) is 5.87. The normalized spacial score (nSPS) is 23.9. The molecule has 10 heteroatoms. The number of sulfone groups is 1. The molecule has 0 aromatic rings. The maximum atomic E-state index is 11.5. The topological polar surface area (TPSA) is 142 Å². The first-order chi connectivity index (χ1) is 9.12. The van der Waals surface area contributed by atoms with Crippen LogP contribution in [0.4, 0.5) is 4.79 Å². The van der Waals surface area contributed by atoms with Gasteiger partial charge in [0.25, 0.3) is 0 Å². The molecule has 1 atom stereocenters. The van der Waals surface area contributed by atoms with Gasteiger partial charge in [-0.25, -0.2) is 13.2 Å². The lowest BCUT2D eigenvalue weighted by atomic mass is 10.0. The zero-order valence-corrected chi connectivity index (χ0v) is 11.7. The number of carbonyl (C=O) groups excluding carboxylic acids is 2. The van der Waals surface area contributed by atoms with Crippen LogP contribution in [0, 0.1) is 0 Å². The molecule has 1 rings (SSSR count). The van der Waals surface area contributed by atoms with Gasteiger partial charge in [0, 0.05) is 0 Å². The van der Waals surface area contributed by atoms with E-state index < -0.39 is 39.8 Å². The predicted molar refractivity (Wildman–Crippen MR) is 68.9 cm³/mol. The predicted octanol–water partition coefficient (Wildman–Crippen LogP) is -1.94. The number of carboxylic acid groups (broad SMARTS) is 1. The van der Waals surface area contributed by atoms with Gasteiger partial charge >= 0.3 is 12.0 Å². The highest BCUT2D eigenvalue weighted by atomic mass is 32.2.